The lowest BCUT2D eigenvalue weighted by Gasteiger charge is -2.14. The maximum Gasteiger partial charge on any atom is 0.270 e. The Bertz CT molecular complexity index is 1350. The van der Waals surface area contributed by atoms with E-state index in [2.05, 4.69) is 20.9 Å². The third kappa shape index (κ3) is 4.29. The van der Waals surface area contributed by atoms with Gasteiger partial charge in [0.15, 0.2) is 5.78 Å². The summed E-state index contributed by atoms with van der Waals surface area (Å²) in [4.78, 5) is 28.5. The highest BCUT2D eigenvalue weighted by Crippen LogP contribution is 2.35. The number of hydrogen-bond donors (Lipinski definition) is 0. The molecule has 0 fully saturated rings. The molecule has 0 amide bonds. The van der Waals surface area contributed by atoms with Gasteiger partial charge in [0.25, 0.3) is 5.69 Å². The van der Waals surface area contributed by atoms with Crippen LogP contribution in [0.5, 0.6) is 0 Å². The van der Waals surface area contributed by atoms with E-state index in [9.17, 15) is 14.9 Å². The summed E-state index contributed by atoms with van der Waals surface area (Å²) < 4.78 is 0.897. The number of nitro benzene ring substituents is 1. The number of fused-ring (bicyclic) bond motifs is 1. The van der Waals surface area contributed by atoms with E-state index in [1.807, 2.05) is 55.5 Å². The van der Waals surface area contributed by atoms with Gasteiger partial charge in [-0.3, -0.25) is 19.9 Å². The number of aromatic nitrogens is 1. The number of halogens is 1. The first-order valence-electron chi connectivity index (χ1n) is 9.56. The highest BCUT2D eigenvalue weighted by molar-refractivity contribution is 9.10. The Kier molecular flexibility index (Phi) is 5.73. The average Bonchev–Trinajstić information content (AvgIpc) is 2.77. The molecule has 0 bridgehead atoms. The molecule has 4 rings (SSSR count). The van der Waals surface area contributed by atoms with Crippen molar-refractivity contribution in [3.63, 3.8) is 0 Å². The Morgan fingerprint density at radius 1 is 1.03 bits per heavy atom. The first kappa shape index (κ1) is 20.6. The molecule has 31 heavy (non-hydrogen) atoms. The second kappa shape index (κ2) is 8.62. The number of allylic oxidation sites excluding steroid dienone is 1. The van der Waals surface area contributed by atoms with Crippen LogP contribution in [-0.4, -0.2) is 15.7 Å². The molecule has 0 aliphatic rings. The highest BCUT2D eigenvalue weighted by Gasteiger charge is 2.19. The number of nitrogens with zero attached hydrogens (tertiary/aromatic N) is 2. The molecule has 3 aromatic carbocycles. The van der Waals surface area contributed by atoms with Gasteiger partial charge >= 0.3 is 0 Å². The number of rotatable bonds is 5. The van der Waals surface area contributed by atoms with E-state index in [1.165, 1.54) is 18.2 Å². The molecule has 4 aromatic rings. The molecule has 0 N–H and O–H groups in total. The number of carbonyl (C=O) groups is 1. The number of hydrogen-bond acceptors (Lipinski definition) is 4. The van der Waals surface area contributed by atoms with Gasteiger partial charge in [-0.2, -0.15) is 0 Å². The van der Waals surface area contributed by atoms with Gasteiger partial charge in [-0.1, -0.05) is 64.5 Å². The number of pyridine rings is 1. The zero-order chi connectivity index (χ0) is 22.0. The molecular formula is C25H17BrN2O3. The SMILES string of the molecule is Cc1nc2ccc(Br)cc2c(-c2ccccc2)c1C(=O)C=Cc1cccc([N+](=O)[O-])c1. The zero-order valence-corrected chi connectivity index (χ0v) is 18.2. The summed E-state index contributed by atoms with van der Waals surface area (Å²) in [5.41, 5.74) is 4.24. The van der Waals surface area contributed by atoms with Gasteiger partial charge in [-0.25, -0.2) is 0 Å². The summed E-state index contributed by atoms with van der Waals surface area (Å²) in [5.74, 6) is -0.211. The van der Waals surface area contributed by atoms with E-state index in [1.54, 1.807) is 18.2 Å². The molecule has 152 valence electrons. The minimum absolute atomic E-state index is 0.0204. The molecule has 6 heteroatoms. The quantitative estimate of drug-likeness (QED) is 0.139. The molecule has 0 atom stereocenters. The van der Waals surface area contributed by atoms with Crippen LogP contribution in [0.25, 0.3) is 28.1 Å². The van der Waals surface area contributed by atoms with Crippen LogP contribution in [0.4, 0.5) is 5.69 Å². The predicted molar refractivity (Wildman–Crippen MR) is 126 cm³/mol. The molecule has 0 aliphatic carbocycles. The number of aryl methyl sites for hydroxylation is 1. The van der Waals surface area contributed by atoms with Crippen molar-refractivity contribution in [3.8, 4) is 11.1 Å². The van der Waals surface area contributed by atoms with E-state index < -0.39 is 4.92 Å². The Labute approximate surface area is 187 Å². The van der Waals surface area contributed by atoms with Crippen LogP contribution in [0.1, 0.15) is 21.6 Å². The third-order valence-electron chi connectivity index (χ3n) is 4.94. The van der Waals surface area contributed by atoms with E-state index in [-0.39, 0.29) is 11.5 Å². The summed E-state index contributed by atoms with van der Waals surface area (Å²) in [6.07, 6.45) is 3.04. The third-order valence-corrected chi connectivity index (χ3v) is 5.44. The molecule has 0 radical (unpaired) electrons. The van der Waals surface area contributed by atoms with Crippen LogP contribution >= 0.6 is 15.9 Å². The minimum Gasteiger partial charge on any atom is -0.289 e. The molecule has 1 heterocycles. The Morgan fingerprint density at radius 2 is 1.81 bits per heavy atom. The van der Waals surface area contributed by atoms with Crippen molar-refractivity contribution in [2.45, 2.75) is 6.92 Å². The molecule has 0 spiro atoms. The van der Waals surface area contributed by atoms with Gasteiger partial charge in [0.05, 0.1) is 16.0 Å². The summed E-state index contributed by atoms with van der Waals surface area (Å²) in [6.45, 7) is 1.82. The fourth-order valence-corrected chi connectivity index (χ4v) is 3.92. The van der Waals surface area contributed by atoms with Crippen LogP contribution in [0.15, 0.2) is 83.3 Å². The highest BCUT2D eigenvalue weighted by atomic mass is 79.9. The van der Waals surface area contributed by atoms with Crippen LogP contribution in [0.2, 0.25) is 0 Å². The predicted octanol–water partition coefficient (Wildman–Crippen LogP) is 6.78. The lowest BCUT2D eigenvalue weighted by Crippen LogP contribution is -2.05. The second-order valence-electron chi connectivity index (χ2n) is 7.02. The maximum absolute atomic E-state index is 13.3. The van der Waals surface area contributed by atoms with Crippen LogP contribution < -0.4 is 0 Å². The van der Waals surface area contributed by atoms with E-state index in [0.29, 0.717) is 16.8 Å². The normalized spacial score (nSPS) is 11.2. The fourth-order valence-electron chi connectivity index (χ4n) is 3.56. The van der Waals surface area contributed by atoms with Gasteiger partial charge in [-0.15, -0.1) is 0 Å². The zero-order valence-electron chi connectivity index (χ0n) is 16.6. The molecule has 0 unspecified atom stereocenters. The summed E-state index contributed by atoms with van der Waals surface area (Å²) >= 11 is 3.52. The van der Waals surface area contributed by atoms with Crippen molar-refractivity contribution in [3.05, 3.63) is 110 Å². The van der Waals surface area contributed by atoms with Crippen LogP contribution in [-0.2, 0) is 0 Å². The lowest BCUT2D eigenvalue weighted by atomic mass is 9.92. The van der Waals surface area contributed by atoms with Crippen molar-refractivity contribution < 1.29 is 9.72 Å². The summed E-state index contributed by atoms with van der Waals surface area (Å²) in [7, 11) is 0. The number of benzene rings is 3. The topological polar surface area (TPSA) is 73.1 Å². The Balaban J connectivity index is 1.87. The largest absolute Gasteiger partial charge is 0.289 e. The summed E-state index contributed by atoms with van der Waals surface area (Å²) in [5, 5.41) is 11.9. The van der Waals surface area contributed by atoms with Gasteiger partial charge in [0.2, 0.25) is 0 Å². The van der Waals surface area contributed by atoms with Crippen molar-refractivity contribution in [1.82, 2.24) is 4.98 Å². The Morgan fingerprint density at radius 3 is 2.55 bits per heavy atom. The molecule has 0 saturated heterocycles. The van der Waals surface area contributed by atoms with Gasteiger partial charge in [0.1, 0.15) is 0 Å². The van der Waals surface area contributed by atoms with Gasteiger partial charge in [0, 0.05) is 33.2 Å². The molecular weight excluding hydrogens is 456 g/mol. The van der Waals surface area contributed by atoms with E-state index >= 15 is 0 Å². The van der Waals surface area contributed by atoms with Crippen molar-refractivity contribution in [2.75, 3.05) is 0 Å². The van der Waals surface area contributed by atoms with Crippen LogP contribution in [0.3, 0.4) is 0 Å². The second-order valence-corrected chi connectivity index (χ2v) is 7.94. The molecule has 1 aromatic heterocycles. The number of non-ortho nitro benzene ring substituents is 1. The monoisotopic (exact) mass is 472 g/mol. The number of carbonyl (C=O) groups excluding carboxylic acids is 1. The molecule has 5 nitrogen and oxygen atoms in total. The van der Waals surface area contributed by atoms with E-state index in [0.717, 1.165) is 26.5 Å². The Hall–Kier alpha value is -3.64. The minimum atomic E-state index is -0.456. The van der Waals surface area contributed by atoms with Gasteiger partial charge < -0.3 is 0 Å². The standard InChI is InChI=1S/C25H17BrN2O3/c1-16-24(23(29)13-10-17-6-5-9-20(14-17)28(30)31)25(18-7-3-2-4-8-18)21-15-19(26)11-12-22(21)27-16/h2-15H,1H3. The smallest absolute Gasteiger partial charge is 0.270 e. The van der Waals surface area contributed by atoms with E-state index in [4.69, 9.17) is 0 Å². The summed E-state index contributed by atoms with van der Waals surface area (Å²) in [6, 6.07) is 21.7. The van der Waals surface area contributed by atoms with Gasteiger partial charge in [-0.05, 0) is 42.3 Å². The number of ketones is 1. The fraction of sp³-hybridized carbons (Fsp3) is 0.0400. The van der Waals surface area contributed by atoms with Crippen molar-refractivity contribution >= 4 is 44.4 Å². The molecule has 0 aliphatic heterocycles. The maximum atomic E-state index is 13.3. The van der Waals surface area contributed by atoms with Crippen molar-refractivity contribution in [2.24, 2.45) is 0 Å². The van der Waals surface area contributed by atoms with Crippen molar-refractivity contribution in [1.29, 1.82) is 0 Å². The molecule has 0 saturated carbocycles. The van der Waals surface area contributed by atoms with Crippen LogP contribution in [0, 0.1) is 17.0 Å². The lowest BCUT2D eigenvalue weighted by molar-refractivity contribution is -0.384. The number of nitro groups is 1. The first-order valence-corrected chi connectivity index (χ1v) is 10.4. The first-order chi connectivity index (χ1) is 14.9. The average molecular weight is 473 g/mol.